The van der Waals surface area contributed by atoms with E-state index in [9.17, 15) is 9.59 Å². The molecule has 1 fully saturated rings. The van der Waals surface area contributed by atoms with Gasteiger partial charge in [-0.1, -0.05) is 24.8 Å². The molecule has 1 aromatic carbocycles. The van der Waals surface area contributed by atoms with Crippen molar-refractivity contribution in [3.8, 4) is 11.3 Å². The highest BCUT2D eigenvalue weighted by molar-refractivity contribution is 5.98. The minimum atomic E-state index is -0.350. The molecule has 1 aliphatic rings. The summed E-state index contributed by atoms with van der Waals surface area (Å²) < 4.78 is 0. The number of aromatic amines is 1. The Balaban J connectivity index is 1.45. The van der Waals surface area contributed by atoms with Crippen LogP contribution in [0.1, 0.15) is 42.9 Å². The monoisotopic (exact) mass is 401 g/mol. The molecule has 3 aromatic rings. The zero-order valence-corrected chi connectivity index (χ0v) is 16.7. The first-order valence-electron chi connectivity index (χ1n) is 9.89. The van der Waals surface area contributed by atoms with Crippen LogP contribution >= 0.6 is 0 Å². The largest absolute Gasteiger partial charge is 0.321 e. The van der Waals surface area contributed by atoms with Crippen molar-refractivity contribution in [3.63, 3.8) is 0 Å². The fraction of sp³-hybridized carbons (Fsp3) is 0.217. The highest BCUT2D eigenvalue weighted by atomic mass is 16.2. The number of aromatic nitrogens is 3. The number of carbonyl (C=O) groups is 2. The Labute approximate surface area is 174 Å². The van der Waals surface area contributed by atoms with Crippen LogP contribution < -0.4 is 10.6 Å². The Morgan fingerprint density at radius 2 is 2.03 bits per heavy atom. The minimum absolute atomic E-state index is 0.114. The summed E-state index contributed by atoms with van der Waals surface area (Å²) in [6, 6.07) is 13.2. The van der Waals surface area contributed by atoms with Crippen molar-refractivity contribution in [3.05, 3.63) is 72.6 Å². The van der Waals surface area contributed by atoms with E-state index in [4.69, 9.17) is 0 Å². The Morgan fingerprint density at radius 3 is 2.73 bits per heavy atom. The van der Waals surface area contributed by atoms with Gasteiger partial charge in [-0.2, -0.15) is 5.10 Å². The first-order valence-corrected chi connectivity index (χ1v) is 9.89. The van der Waals surface area contributed by atoms with Gasteiger partial charge in [0.25, 0.3) is 0 Å². The maximum atomic E-state index is 12.7. The molecule has 0 bridgehead atoms. The van der Waals surface area contributed by atoms with E-state index in [-0.39, 0.29) is 17.7 Å². The van der Waals surface area contributed by atoms with Crippen molar-refractivity contribution in [1.29, 1.82) is 0 Å². The van der Waals surface area contributed by atoms with Crippen LogP contribution in [0, 0.1) is 0 Å². The zero-order chi connectivity index (χ0) is 21.1. The van der Waals surface area contributed by atoms with Gasteiger partial charge < -0.3 is 10.6 Å². The molecular weight excluding hydrogens is 378 g/mol. The van der Waals surface area contributed by atoms with Gasteiger partial charge >= 0.3 is 0 Å². The molecule has 2 heterocycles. The van der Waals surface area contributed by atoms with Crippen LogP contribution in [0.4, 0.5) is 11.5 Å². The number of rotatable bonds is 7. The Kier molecular flexibility index (Phi) is 5.43. The highest BCUT2D eigenvalue weighted by Gasteiger charge is 2.26. The van der Waals surface area contributed by atoms with Crippen LogP contribution in [0.5, 0.6) is 0 Å². The summed E-state index contributed by atoms with van der Waals surface area (Å²) in [6.07, 6.45) is 5.15. The summed E-state index contributed by atoms with van der Waals surface area (Å²) in [5, 5.41) is 12.7. The molecule has 0 aliphatic heterocycles. The summed E-state index contributed by atoms with van der Waals surface area (Å²) in [5.41, 5.74) is 4.21. The van der Waals surface area contributed by atoms with Crippen molar-refractivity contribution < 1.29 is 9.59 Å². The lowest BCUT2D eigenvalue weighted by Crippen LogP contribution is -2.19. The van der Waals surface area contributed by atoms with Crippen LogP contribution in [0.2, 0.25) is 0 Å². The molecule has 3 N–H and O–H groups in total. The average molecular weight is 401 g/mol. The molecule has 7 nitrogen and oxygen atoms in total. The number of benzene rings is 1. The fourth-order valence-electron chi connectivity index (χ4n) is 3.19. The average Bonchev–Trinajstić information content (AvgIpc) is 3.52. The number of hydrogen-bond donors (Lipinski definition) is 3. The van der Waals surface area contributed by atoms with Gasteiger partial charge in [0.15, 0.2) is 5.82 Å². The number of hydrogen-bond acceptors (Lipinski definition) is 4. The lowest BCUT2D eigenvalue weighted by Gasteiger charge is -2.13. The summed E-state index contributed by atoms with van der Waals surface area (Å²) in [6.45, 7) is 5.29. The topological polar surface area (TPSA) is 99.8 Å². The number of H-pyrrole nitrogens is 1. The second kappa shape index (κ2) is 8.32. The van der Waals surface area contributed by atoms with E-state index < -0.39 is 0 Å². The van der Waals surface area contributed by atoms with Crippen LogP contribution in [-0.4, -0.2) is 27.0 Å². The van der Waals surface area contributed by atoms with Gasteiger partial charge in [0.1, 0.15) is 0 Å². The SMILES string of the molecule is C=CC(=O)Nc1ccc(-c2cccc(C(C)C(=O)Nc3cc(C4CC4)[nH]n3)c2)nc1. The number of nitrogens with zero attached hydrogens (tertiary/aromatic N) is 2. The van der Waals surface area contributed by atoms with Crippen LogP contribution in [0.15, 0.2) is 61.3 Å². The molecule has 1 unspecified atom stereocenters. The third-order valence-corrected chi connectivity index (χ3v) is 5.16. The summed E-state index contributed by atoms with van der Waals surface area (Å²) in [5.74, 6) is 0.367. The first kappa shape index (κ1) is 19.6. The molecule has 0 radical (unpaired) electrons. The molecule has 2 aromatic heterocycles. The van der Waals surface area contributed by atoms with Gasteiger partial charge in [0.2, 0.25) is 11.8 Å². The van der Waals surface area contributed by atoms with E-state index in [1.54, 1.807) is 12.3 Å². The number of pyridine rings is 1. The summed E-state index contributed by atoms with van der Waals surface area (Å²) >= 11 is 0. The predicted molar refractivity (Wildman–Crippen MR) is 116 cm³/mol. The van der Waals surface area contributed by atoms with Crippen LogP contribution in [0.25, 0.3) is 11.3 Å². The van der Waals surface area contributed by atoms with Crippen LogP contribution in [-0.2, 0) is 9.59 Å². The van der Waals surface area contributed by atoms with Gasteiger partial charge in [-0.15, -0.1) is 0 Å². The molecule has 30 heavy (non-hydrogen) atoms. The Bertz CT molecular complexity index is 1080. The second-order valence-electron chi connectivity index (χ2n) is 7.44. The first-order chi connectivity index (χ1) is 14.5. The standard InChI is InChI=1S/C23H23N5O2/c1-3-22(29)25-18-9-10-19(24-13-18)17-6-4-5-16(11-17)14(2)23(30)26-21-12-20(27-28-21)15-7-8-15/h3-6,9-15H,1,7-8H2,2H3,(H,25,29)(H2,26,27,28,30). The second-order valence-corrected chi connectivity index (χ2v) is 7.44. The zero-order valence-electron chi connectivity index (χ0n) is 16.7. The van der Waals surface area contributed by atoms with Crippen molar-refractivity contribution in [2.75, 3.05) is 10.6 Å². The van der Waals surface area contributed by atoms with Gasteiger partial charge in [-0.05, 0) is 49.6 Å². The van der Waals surface area contributed by atoms with E-state index in [0.29, 0.717) is 17.4 Å². The molecule has 4 rings (SSSR count). The van der Waals surface area contributed by atoms with Gasteiger partial charge in [0, 0.05) is 23.2 Å². The van der Waals surface area contributed by atoms with Gasteiger partial charge in [-0.3, -0.25) is 19.7 Å². The summed E-state index contributed by atoms with van der Waals surface area (Å²) in [7, 11) is 0. The van der Waals surface area contributed by atoms with E-state index in [1.165, 1.54) is 18.9 Å². The number of nitrogens with one attached hydrogen (secondary N) is 3. The Hall–Kier alpha value is -3.74. The van der Waals surface area contributed by atoms with E-state index in [2.05, 4.69) is 32.4 Å². The Morgan fingerprint density at radius 1 is 1.20 bits per heavy atom. The smallest absolute Gasteiger partial charge is 0.247 e. The summed E-state index contributed by atoms with van der Waals surface area (Å²) in [4.78, 5) is 28.5. The van der Waals surface area contributed by atoms with Crippen molar-refractivity contribution >= 4 is 23.3 Å². The minimum Gasteiger partial charge on any atom is -0.321 e. The molecule has 2 amide bonds. The molecule has 0 saturated heterocycles. The number of carbonyl (C=O) groups excluding carboxylic acids is 2. The van der Waals surface area contributed by atoms with Crippen molar-refractivity contribution in [1.82, 2.24) is 15.2 Å². The quantitative estimate of drug-likeness (QED) is 0.516. The van der Waals surface area contributed by atoms with Gasteiger partial charge in [0.05, 0.1) is 23.5 Å². The lowest BCUT2D eigenvalue weighted by molar-refractivity contribution is -0.117. The third-order valence-electron chi connectivity index (χ3n) is 5.16. The molecular formula is C23H23N5O2. The normalized spacial score (nSPS) is 14.0. The van der Waals surface area contributed by atoms with E-state index in [1.807, 2.05) is 43.3 Å². The van der Waals surface area contributed by atoms with Crippen molar-refractivity contribution in [2.24, 2.45) is 0 Å². The molecule has 7 heteroatoms. The maximum absolute atomic E-state index is 12.7. The molecule has 0 spiro atoms. The number of anilines is 2. The molecule has 1 atom stereocenters. The maximum Gasteiger partial charge on any atom is 0.247 e. The predicted octanol–water partition coefficient (Wildman–Crippen LogP) is 4.22. The van der Waals surface area contributed by atoms with Crippen molar-refractivity contribution in [2.45, 2.75) is 31.6 Å². The van der Waals surface area contributed by atoms with Gasteiger partial charge in [-0.25, -0.2) is 0 Å². The van der Waals surface area contributed by atoms with Crippen LogP contribution in [0.3, 0.4) is 0 Å². The highest BCUT2D eigenvalue weighted by Crippen LogP contribution is 2.39. The molecule has 152 valence electrons. The number of amides is 2. The third kappa shape index (κ3) is 4.46. The lowest BCUT2D eigenvalue weighted by atomic mass is 9.97. The van der Waals surface area contributed by atoms with E-state index in [0.717, 1.165) is 22.5 Å². The molecule has 1 saturated carbocycles. The molecule has 1 aliphatic carbocycles. The van der Waals surface area contributed by atoms with E-state index >= 15 is 0 Å². The fourth-order valence-corrected chi connectivity index (χ4v) is 3.19.